The minimum absolute atomic E-state index is 0. The van der Waals surface area contributed by atoms with Crippen molar-refractivity contribution in [3.05, 3.63) is 58.8 Å². The minimum Gasteiger partial charge on any atom is -0.399 e. The number of rotatable bonds is 1. The first-order valence-electron chi connectivity index (χ1n) is 5.68. The molecule has 3 aromatic rings. The molecule has 0 bridgehead atoms. The van der Waals surface area contributed by atoms with E-state index in [1.165, 1.54) is 24.4 Å². The highest BCUT2D eigenvalue weighted by molar-refractivity contribution is 5.92. The highest BCUT2D eigenvalue weighted by Gasteiger charge is 2.10. The topological polar surface area (TPSA) is 71.8 Å². The van der Waals surface area contributed by atoms with Crippen molar-refractivity contribution in [1.29, 1.82) is 0 Å². The smallest absolute Gasteiger partial charge is 0.249 e. The molecule has 6 heteroatoms. The SMILES string of the molecule is Cl.Nc1ccc(F)c(-c2ccnc3[nH]c(=O)ccc23)c1. The number of anilines is 1. The molecule has 20 heavy (non-hydrogen) atoms. The van der Waals surface area contributed by atoms with E-state index in [2.05, 4.69) is 9.97 Å². The molecular weight excluding hydrogens is 281 g/mol. The number of aromatic amines is 1. The van der Waals surface area contributed by atoms with Gasteiger partial charge in [0.25, 0.3) is 0 Å². The van der Waals surface area contributed by atoms with Gasteiger partial charge >= 0.3 is 0 Å². The highest BCUT2D eigenvalue weighted by atomic mass is 35.5. The predicted octanol–water partition coefficient (Wildman–Crippen LogP) is 2.73. The van der Waals surface area contributed by atoms with E-state index < -0.39 is 0 Å². The zero-order chi connectivity index (χ0) is 13.4. The molecule has 0 unspecified atom stereocenters. The maximum Gasteiger partial charge on any atom is 0.249 e. The maximum atomic E-state index is 13.9. The van der Waals surface area contributed by atoms with Crippen LogP contribution in [0.5, 0.6) is 0 Å². The van der Waals surface area contributed by atoms with Crippen LogP contribution in [0.2, 0.25) is 0 Å². The lowest BCUT2D eigenvalue weighted by Gasteiger charge is -2.07. The first-order chi connectivity index (χ1) is 9.15. The second kappa shape index (κ2) is 5.30. The number of pyridine rings is 2. The lowest BCUT2D eigenvalue weighted by atomic mass is 10.0. The highest BCUT2D eigenvalue weighted by Crippen LogP contribution is 2.29. The average molecular weight is 292 g/mol. The van der Waals surface area contributed by atoms with Crippen LogP contribution in [0.25, 0.3) is 22.2 Å². The molecular formula is C14H11ClFN3O. The minimum atomic E-state index is -0.368. The largest absolute Gasteiger partial charge is 0.399 e. The van der Waals surface area contributed by atoms with Crippen LogP contribution < -0.4 is 11.3 Å². The van der Waals surface area contributed by atoms with Gasteiger partial charge in [0.05, 0.1) is 0 Å². The van der Waals surface area contributed by atoms with Crippen LogP contribution in [0.4, 0.5) is 10.1 Å². The molecule has 3 N–H and O–H groups in total. The molecule has 1 aromatic carbocycles. The number of nitrogens with two attached hydrogens (primary N) is 1. The van der Waals surface area contributed by atoms with Crippen molar-refractivity contribution in [2.24, 2.45) is 0 Å². The van der Waals surface area contributed by atoms with Crippen LogP contribution in [0.15, 0.2) is 47.4 Å². The predicted molar refractivity (Wildman–Crippen MR) is 79.4 cm³/mol. The lowest BCUT2D eigenvalue weighted by Crippen LogP contribution is -2.04. The standard InChI is InChI=1S/C14H10FN3O.ClH/c15-12-3-1-8(16)7-11(12)9-5-6-17-14-10(9)2-4-13(19)18-14;/h1-7H,16H2,(H,17,18,19);1H. The number of hydrogen-bond donors (Lipinski definition) is 2. The molecule has 0 radical (unpaired) electrons. The summed E-state index contributed by atoms with van der Waals surface area (Å²) in [5.41, 5.74) is 7.38. The van der Waals surface area contributed by atoms with E-state index in [9.17, 15) is 9.18 Å². The molecule has 0 aliphatic carbocycles. The zero-order valence-electron chi connectivity index (χ0n) is 10.3. The number of nitrogens with one attached hydrogen (secondary N) is 1. The molecule has 4 nitrogen and oxygen atoms in total. The third-order valence-corrected chi connectivity index (χ3v) is 2.91. The third-order valence-electron chi connectivity index (χ3n) is 2.91. The van der Waals surface area contributed by atoms with Crippen LogP contribution >= 0.6 is 12.4 Å². The zero-order valence-corrected chi connectivity index (χ0v) is 11.1. The molecule has 0 spiro atoms. The lowest BCUT2D eigenvalue weighted by molar-refractivity contribution is 0.631. The second-order valence-corrected chi connectivity index (χ2v) is 4.18. The number of aromatic nitrogens is 2. The Bertz CT molecular complexity index is 832. The summed E-state index contributed by atoms with van der Waals surface area (Å²) in [6, 6.07) is 9.09. The second-order valence-electron chi connectivity index (χ2n) is 4.18. The normalized spacial score (nSPS) is 10.2. The summed E-state index contributed by atoms with van der Waals surface area (Å²) >= 11 is 0. The summed E-state index contributed by atoms with van der Waals surface area (Å²) in [6.07, 6.45) is 1.52. The Kier molecular flexibility index (Phi) is 3.72. The van der Waals surface area contributed by atoms with E-state index >= 15 is 0 Å². The van der Waals surface area contributed by atoms with Crippen molar-refractivity contribution in [3.63, 3.8) is 0 Å². The number of hydrogen-bond acceptors (Lipinski definition) is 3. The molecule has 2 aromatic heterocycles. The number of H-pyrrole nitrogens is 1. The molecule has 0 saturated heterocycles. The van der Waals surface area contributed by atoms with Crippen LogP contribution in [0.1, 0.15) is 0 Å². The molecule has 0 saturated carbocycles. The molecule has 0 amide bonds. The first-order valence-corrected chi connectivity index (χ1v) is 5.68. The van der Waals surface area contributed by atoms with E-state index in [0.29, 0.717) is 27.8 Å². The van der Waals surface area contributed by atoms with Gasteiger partial charge in [-0.05, 0) is 35.9 Å². The van der Waals surface area contributed by atoms with Crippen molar-refractivity contribution in [2.45, 2.75) is 0 Å². The number of halogens is 2. The van der Waals surface area contributed by atoms with Crippen molar-refractivity contribution >= 4 is 29.1 Å². The summed E-state index contributed by atoms with van der Waals surface area (Å²) in [4.78, 5) is 17.9. The van der Waals surface area contributed by atoms with Crippen molar-refractivity contribution in [1.82, 2.24) is 9.97 Å². The molecule has 0 fully saturated rings. The fraction of sp³-hybridized carbons (Fsp3) is 0. The summed E-state index contributed by atoms with van der Waals surface area (Å²) in [7, 11) is 0. The van der Waals surface area contributed by atoms with E-state index in [1.807, 2.05) is 0 Å². The van der Waals surface area contributed by atoms with Gasteiger partial charge in [0.1, 0.15) is 11.5 Å². The van der Waals surface area contributed by atoms with Gasteiger partial charge in [0, 0.05) is 28.9 Å². The number of benzene rings is 1. The Morgan fingerprint density at radius 3 is 2.70 bits per heavy atom. The van der Waals surface area contributed by atoms with E-state index in [1.54, 1.807) is 18.2 Å². The molecule has 3 rings (SSSR count). The summed E-state index contributed by atoms with van der Waals surface area (Å²) in [5.74, 6) is -0.368. The molecule has 0 aliphatic heterocycles. The van der Waals surface area contributed by atoms with Crippen LogP contribution in [0, 0.1) is 5.82 Å². The van der Waals surface area contributed by atoms with Gasteiger partial charge in [-0.3, -0.25) is 4.79 Å². The van der Waals surface area contributed by atoms with Gasteiger partial charge in [-0.25, -0.2) is 9.37 Å². The van der Waals surface area contributed by atoms with Crippen LogP contribution in [0.3, 0.4) is 0 Å². The Morgan fingerprint density at radius 2 is 1.90 bits per heavy atom. The van der Waals surface area contributed by atoms with Crippen LogP contribution in [-0.4, -0.2) is 9.97 Å². The van der Waals surface area contributed by atoms with Crippen molar-refractivity contribution in [3.8, 4) is 11.1 Å². The summed E-state index contributed by atoms with van der Waals surface area (Å²) in [5, 5.41) is 0.673. The van der Waals surface area contributed by atoms with Crippen molar-refractivity contribution < 1.29 is 4.39 Å². The number of fused-ring (bicyclic) bond motifs is 1. The molecule has 0 atom stereocenters. The number of nitrogen functional groups attached to an aromatic ring is 1. The average Bonchev–Trinajstić information content (AvgIpc) is 2.40. The molecule has 2 heterocycles. The fourth-order valence-electron chi connectivity index (χ4n) is 2.04. The van der Waals surface area contributed by atoms with Gasteiger partial charge < -0.3 is 10.7 Å². The van der Waals surface area contributed by atoms with Gasteiger partial charge in [0.2, 0.25) is 5.56 Å². The van der Waals surface area contributed by atoms with E-state index in [0.717, 1.165) is 0 Å². The maximum absolute atomic E-state index is 13.9. The Morgan fingerprint density at radius 1 is 1.10 bits per heavy atom. The quantitative estimate of drug-likeness (QED) is 0.677. The van der Waals surface area contributed by atoms with Gasteiger partial charge in [-0.2, -0.15) is 0 Å². The van der Waals surface area contributed by atoms with E-state index in [-0.39, 0.29) is 23.8 Å². The molecule has 0 aliphatic rings. The first kappa shape index (κ1) is 14.0. The monoisotopic (exact) mass is 291 g/mol. The van der Waals surface area contributed by atoms with Gasteiger partial charge in [0.15, 0.2) is 0 Å². The fourth-order valence-corrected chi connectivity index (χ4v) is 2.04. The summed E-state index contributed by atoms with van der Waals surface area (Å²) in [6.45, 7) is 0. The van der Waals surface area contributed by atoms with Gasteiger partial charge in [-0.1, -0.05) is 0 Å². The Labute approximate surface area is 119 Å². The summed E-state index contributed by atoms with van der Waals surface area (Å²) < 4.78 is 13.9. The Balaban J connectivity index is 0.00000147. The third kappa shape index (κ3) is 2.35. The number of nitrogens with zero attached hydrogens (tertiary/aromatic N) is 1. The van der Waals surface area contributed by atoms with E-state index in [4.69, 9.17) is 5.73 Å². The Hall–Kier alpha value is -2.40. The van der Waals surface area contributed by atoms with Gasteiger partial charge in [-0.15, -0.1) is 12.4 Å². The molecule has 102 valence electrons. The van der Waals surface area contributed by atoms with Crippen molar-refractivity contribution in [2.75, 3.05) is 5.73 Å². The van der Waals surface area contributed by atoms with Crippen LogP contribution in [-0.2, 0) is 0 Å².